The molecule has 1 heteroatoms. The van der Waals surface area contributed by atoms with Crippen molar-refractivity contribution in [2.75, 3.05) is 0 Å². The molecule has 0 bridgehead atoms. The third kappa shape index (κ3) is 2.19. The average molecular weight is 155 g/mol. The molecule has 11 heavy (non-hydrogen) atoms. The molecule has 2 unspecified atom stereocenters. The van der Waals surface area contributed by atoms with E-state index in [9.17, 15) is 5.11 Å². The van der Waals surface area contributed by atoms with Crippen LogP contribution in [-0.4, -0.2) is 6.10 Å². The smallest absolute Gasteiger partial charge is 0.0963 e. The molecule has 0 spiro atoms. The number of rotatable bonds is 0. The molecule has 0 aromatic carbocycles. The van der Waals surface area contributed by atoms with E-state index in [0.717, 1.165) is 19.3 Å². The predicted octanol–water partition coefficient (Wildman–Crippen LogP) is 3.02. The average Bonchev–Trinajstić information content (AvgIpc) is 1.86. The van der Waals surface area contributed by atoms with Crippen molar-refractivity contribution in [3.8, 4) is 0 Å². The Balaban J connectivity index is 2.55. The summed E-state index contributed by atoms with van der Waals surface area (Å²) >= 11 is 0. The van der Waals surface area contributed by atoms with Crippen LogP contribution in [0.25, 0.3) is 0 Å². The van der Waals surface area contributed by atoms with Gasteiger partial charge in [-0.3, -0.25) is 0 Å². The fourth-order valence-electron chi connectivity index (χ4n) is 2.09. The topological polar surface area (TPSA) is 19.9 Å². The molecule has 65 valence electrons. The van der Waals surface area contributed by atoms with Crippen molar-refractivity contribution >= 4 is 0 Å². The second-order valence-electron chi connectivity index (χ2n) is 4.80. The Morgan fingerprint density at radius 3 is 2.00 bits per heavy atom. The largest absolute Gasteiger partial charge is 0.233 e. The maximum Gasteiger partial charge on any atom is 0.0963 e. The van der Waals surface area contributed by atoms with E-state index in [0.29, 0.717) is 5.92 Å². The Bertz CT molecular complexity index is 123. The maximum absolute atomic E-state index is 11.5. The van der Waals surface area contributed by atoms with Gasteiger partial charge >= 0.3 is 0 Å². The lowest BCUT2D eigenvalue weighted by Crippen LogP contribution is -2.33. The summed E-state index contributed by atoms with van der Waals surface area (Å²) in [6.07, 6.45) is 4.19. The summed E-state index contributed by atoms with van der Waals surface area (Å²) in [5.41, 5.74) is 0.229. The van der Waals surface area contributed by atoms with Crippen LogP contribution in [0.1, 0.15) is 46.5 Å². The molecule has 0 aliphatic heterocycles. The van der Waals surface area contributed by atoms with Gasteiger partial charge in [0.2, 0.25) is 0 Å². The molecule has 1 rings (SSSR count). The fraction of sp³-hybridized carbons (Fsp3) is 1.00. The Morgan fingerprint density at radius 1 is 1.09 bits per heavy atom. The van der Waals surface area contributed by atoms with Crippen molar-refractivity contribution in [3.05, 3.63) is 0 Å². The lowest BCUT2D eigenvalue weighted by molar-refractivity contribution is -0.0358. The summed E-state index contributed by atoms with van der Waals surface area (Å²) in [6, 6.07) is 0. The molecule has 0 heterocycles. The van der Waals surface area contributed by atoms with Gasteiger partial charge in [-0.15, -0.1) is 0 Å². The monoisotopic (exact) mass is 155 g/mol. The van der Waals surface area contributed by atoms with Crippen molar-refractivity contribution in [1.29, 1.82) is 0 Å². The molecule has 0 aromatic heterocycles. The summed E-state index contributed by atoms with van der Waals surface area (Å²) in [4.78, 5) is 0. The Hall–Kier alpha value is -0.0400. The van der Waals surface area contributed by atoms with Gasteiger partial charge in [0.25, 0.3) is 0 Å². The lowest BCUT2D eigenvalue weighted by atomic mass is 9.71. The molecule has 1 saturated carbocycles. The van der Waals surface area contributed by atoms with Crippen molar-refractivity contribution in [3.63, 3.8) is 0 Å². The molecule has 0 N–H and O–H groups in total. The van der Waals surface area contributed by atoms with Crippen molar-refractivity contribution in [2.45, 2.75) is 52.6 Å². The van der Waals surface area contributed by atoms with Crippen LogP contribution in [0.2, 0.25) is 0 Å². The number of hydrogen-bond acceptors (Lipinski definition) is 0. The molecule has 0 saturated heterocycles. The van der Waals surface area contributed by atoms with Gasteiger partial charge in [-0.25, -0.2) is 5.11 Å². The van der Waals surface area contributed by atoms with Crippen LogP contribution in [-0.2, 0) is 5.11 Å². The second-order valence-corrected chi connectivity index (χ2v) is 4.80. The molecule has 1 fully saturated rings. The van der Waals surface area contributed by atoms with Gasteiger partial charge in [0.15, 0.2) is 0 Å². The van der Waals surface area contributed by atoms with E-state index in [1.807, 2.05) is 0 Å². The predicted molar refractivity (Wildman–Crippen MR) is 45.9 cm³/mol. The molecule has 1 aliphatic rings. The minimum absolute atomic E-state index is 0.229. The highest BCUT2D eigenvalue weighted by Crippen LogP contribution is 2.37. The minimum Gasteiger partial charge on any atom is -0.233 e. The highest BCUT2D eigenvalue weighted by Gasteiger charge is 2.33. The Morgan fingerprint density at radius 2 is 1.64 bits per heavy atom. The third-order valence-electron chi connectivity index (χ3n) is 2.81. The van der Waals surface area contributed by atoms with Crippen molar-refractivity contribution < 1.29 is 5.11 Å². The lowest BCUT2D eigenvalue weighted by Gasteiger charge is -2.36. The molecule has 0 amide bonds. The number of hydrogen-bond donors (Lipinski definition) is 0. The highest BCUT2D eigenvalue weighted by molar-refractivity contribution is 4.83. The molecule has 0 aromatic rings. The van der Waals surface area contributed by atoms with Crippen LogP contribution < -0.4 is 0 Å². The zero-order valence-electron chi connectivity index (χ0n) is 7.89. The van der Waals surface area contributed by atoms with E-state index in [-0.39, 0.29) is 11.5 Å². The van der Waals surface area contributed by atoms with Gasteiger partial charge in [-0.2, -0.15) is 0 Å². The fourth-order valence-corrected chi connectivity index (χ4v) is 2.09. The molecule has 1 radical (unpaired) electrons. The highest BCUT2D eigenvalue weighted by atomic mass is 16.3. The van der Waals surface area contributed by atoms with E-state index >= 15 is 0 Å². The normalized spacial score (nSPS) is 33.8. The third-order valence-corrected chi connectivity index (χ3v) is 2.81. The first-order valence-electron chi connectivity index (χ1n) is 4.67. The minimum atomic E-state index is -0.288. The van der Waals surface area contributed by atoms with E-state index in [1.54, 1.807) is 0 Å². The summed E-state index contributed by atoms with van der Waals surface area (Å²) < 4.78 is 0. The summed E-state index contributed by atoms with van der Waals surface area (Å²) in [7, 11) is 0. The quantitative estimate of drug-likeness (QED) is 0.512. The van der Waals surface area contributed by atoms with E-state index in [4.69, 9.17) is 0 Å². The van der Waals surface area contributed by atoms with Gasteiger partial charge in [-0.1, -0.05) is 33.6 Å². The molecular formula is C10H19O. The first-order valence-corrected chi connectivity index (χ1v) is 4.67. The zero-order chi connectivity index (χ0) is 8.48. The van der Waals surface area contributed by atoms with Crippen LogP contribution in [0.3, 0.4) is 0 Å². The van der Waals surface area contributed by atoms with Crippen LogP contribution in [0.15, 0.2) is 0 Å². The Labute approximate surface area is 69.8 Å². The Kier molecular flexibility index (Phi) is 2.58. The van der Waals surface area contributed by atoms with E-state index in [2.05, 4.69) is 20.8 Å². The van der Waals surface area contributed by atoms with Crippen molar-refractivity contribution in [2.24, 2.45) is 11.3 Å². The first kappa shape index (κ1) is 9.05. The van der Waals surface area contributed by atoms with Gasteiger partial charge < -0.3 is 0 Å². The van der Waals surface area contributed by atoms with Gasteiger partial charge in [0.05, 0.1) is 6.10 Å². The molecular weight excluding hydrogens is 136 g/mol. The first-order chi connectivity index (χ1) is 5.02. The van der Waals surface area contributed by atoms with Crippen LogP contribution in [0.5, 0.6) is 0 Å². The van der Waals surface area contributed by atoms with Crippen LogP contribution in [0, 0.1) is 11.3 Å². The standard InChI is InChI=1S/C10H19O/c1-10(2,3)8-6-4-5-7-9(8)11/h8-9H,4-7H2,1-3H3. The van der Waals surface area contributed by atoms with E-state index < -0.39 is 0 Å². The SMILES string of the molecule is CC(C)(C)C1CCCCC1[O]. The van der Waals surface area contributed by atoms with Crippen LogP contribution in [0.4, 0.5) is 0 Å². The maximum atomic E-state index is 11.5. The molecule has 2 atom stereocenters. The zero-order valence-corrected chi connectivity index (χ0v) is 7.89. The van der Waals surface area contributed by atoms with Gasteiger partial charge in [0.1, 0.15) is 0 Å². The molecule has 1 aliphatic carbocycles. The summed E-state index contributed by atoms with van der Waals surface area (Å²) in [5.74, 6) is 0.413. The van der Waals surface area contributed by atoms with Crippen molar-refractivity contribution in [1.82, 2.24) is 0 Å². The summed E-state index contributed by atoms with van der Waals surface area (Å²) in [5, 5.41) is 11.5. The summed E-state index contributed by atoms with van der Waals surface area (Å²) in [6.45, 7) is 6.57. The van der Waals surface area contributed by atoms with E-state index in [1.165, 1.54) is 6.42 Å². The van der Waals surface area contributed by atoms with Crippen LogP contribution >= 0.6 is 0 Å². The van der Waals surface area contributed by atoms with Gasteiger partial charge in [-0.05, 0) is 24.2 Å². The second kappa shape index (κ2) is 3.14. The van der Waals surface area contributed by atoms with Gasteiger partial charge in [0, 0.05) is 0 Å². The molecule has 1 nitrogen and oxygen atoms in total.